The zero-order valence-electron chi connectivity index (χ0n) is 14.7. The van der Waals surface area contributed by atoms with Crippen molar-refractivity contribution in [2.45, 2.75) is 32.4 Å². The van der Waals surface area contributed by atoms with Crippen molar-refractivity contribution in [1.82, 2.24) is 4.90 Å². The van der Waals surface area contributed by atoms with Crippen LogP contribution < -0.4 is 5.73 Å². The molecule has 0 atom stereocenters. The van der Waals surface area contributed by atoms with Crippen LogP contribution in [0.2, 0.25) is 0 Å². The molecular weight excluding hydrogens is 341 g/mol. The number of benzene rings is 2. The molecule has 26 heavy (non-hydrogen) atoms. The van der Waals surface area contributed by atoms with Gasteiger partial charge in [-0.15, -0.1) is 0 Å². The molecule has 2 aromatic carbocycles. The first-order chi connectivity index (χ1) is 12.2. The Morgan fingerprint density at radius 1 is 1.04 bits per heavy atom. The van der Waals surface area contributed by atoms with Gasteiger partial charge in [0.05, 0.1) is 0 Å². The van der Waals surface area contributed by atoms with E-state index in [2.05, 4.69) is 0 Å². The fraction of sp³-hybridized carbons (Fsp3) is 0.350. The fourth-order valence-corrected chi connectivity index (χ4v) is 2.69. The third-order valence-corrected chi connectivity index (χ3v) is 4.18. The molecule has 3 nitrogen and oxygen atoms in total. The predicted octanol–water partition coefficient (Wildman–Crippen LogP) is 4.14. The summed E-state index contributed by atoms with van der Waals surface area (Å²) in [6.07, 6.45) is -3.72. The van der Waals surface area contributed by atoms with E-state index in [1.807, 2.05) is 31.2 Å². The fourth-order valence-electron chi connectivity index (χ4n) is 2.69. The number of carbonyl (C=O) groups is 1. The highest BCUT2D eigenvalue weighted by Crippen LogP contribution is 2.19. The molecule has 140 valence electrons. The second-order valence-corrected chi connectivity index (χ2v) is 6.36. The van der Waals surface area contributed by atoms with Gasteiger partial charge in [-0.2, -0.15) is 13.2 Å². The number of nitrogens with two attached hydrogens (primary N) is 1. The van der Waals surface area contributed by atoms with Gasteiger partial charge in [-0.3, -0.25) is 4.79 Å². The Morgan fingerprint density at radius 3 is 2.31 bits per heavy atom. The van der Waals surface area contributed by atoms with Gasteiger partial charge in [0.25, 0.3) is 0 Å². The van der Waals surface area contributed by atoms with E-state index in [0.29, 0.717) is 18.5 Å². The van der Waals surface area contributed by atoms with E-state index < -0.39 is 18.6 Å². The number of aryl methyl sites for hydroxylation is 2. The van der Waals surface area contributed by atoms with Gasteiger partial charge in [0, 0.05) is 18.7 Å². The van der Waals surface area contributed by atoms with Crippen LogP contribution in [0, 0.1) is 6.92 Å². The van der Waals surface area contributed by atoms with Crippen molar-refractivity contribution in [2.24, 2.45) is 0 Å². The molecule has 2 N–H and O–H groups in total. The van der Waals surface area contributed by atoms with Crippen LogP contribution in [0.25, 0.3) is 0 Å². The summed E-state index contributed by atoms with van der Waals surface area (Å²) in [6.45, 7) is 0.742. The molecule has 0 aliphatic heterocycles. The van der Waals surface area contributed by atoms with Crippen LogP contribution in [0.15, 0.2) is 48.5 Å². The van der Waals surface area contributed by atoms with Gasteiger partial charge in [0.2, 0.25) is 5.91 Å². The molecule has 6 heteroatoms. The molecule has 0 spiro atoms. The summed E-state index contributed by atoms with van der Waals surface area (Å²) in [5.74, 6) is -0.516. The van der Waals surface area contributed by atoms with E-state index in [-0.39, 0.29) is 13.0 Å². The first kappa shape index (κ1) is 19.8. The van der Waals surface area contributed by atoms with E-state index in [0.717, 1.165) is 21.6 Å². The number of hydrogen-bond acceptors (Lipinski definition) is 2. The van der Waals surface area contributed by atoms with Crippen LogP contribution in [0.3, 0.4) is 0 Å². The third-order valence-electron chi connectivity index (χ3n) is 4.18. The van der Waals surface area contributed by atoms with Gasteiger partial charge in [0.1, 0.15) is 6.54 Å². The van der Waals surface area contributed by atoms with Crippen molar-refractivity contribution in [1.29, 1.82) is 0 Å². The molecule has 0 aliphatic carbocycles. The summed E-state index contributed by atoms with van der Waals surface area (Å²) in [5, 5.41) is 0. The summed E-state index contributed by atoms with van der Waals surface area (Å²) in [5.41, 5.74) is 9.13. The molecule has 0 radical (unpaired) electrons. The van der Waals surface area contributed by atoms with Crippen molar-refractivity contribution >= 4 is 11.6 Å². The van der Waals surface area contributed by atoms with Crippen molar-refractivity contribution < 1.29 is 18.0 Å². The molecule has 0 fully saturated rings. The number of para-hydroxylation sites is 1. The largest absolute Gasteiger partial charge is 0.406 e. The Hall–Kier alpha value is -2.50. The van der Waals surface area contributed by atoms with Crippen molar-refractivity contribution in [3.05, 3.63) is 65.2 Å². The standard InChI is InChI=1S/C20H23F3N2O/c1-15-6-8-16(9-7-15)12-13-25(14-20(21,22)23)19(26)11-10-17-4-2-3-5-18(17)24/h2-9H,10-14,24H2,1H3. The molecule has 1 amide bonds. The highest BCUT2D eigenvalue weighted by atomic mass is 19.4. The second kappa shape index (κ2) is 8.74. The summed E-state index contributed by atoms with van der Waals surface area (Å²) in [6, 6.07) is 14.6. The third kappa shape index (κ3) is 6.43. The molecule has 0 heterocycles. The Bertz CT molecular complexity index is 727. The minimum Gasteiger partial charge on any atom is -0.399 e. The molecule has 0 saturated carbocycles. The lowest BCUT2D eigenvalue weighted by Gasteiger charge is -2.24. The van der Waals surface area contributed by atoms with Crippen LogP contribution in [-0.2, 0) is 17.6 Å². The van der Waals surface area contributed by atoms with Gasteiger partial charge in [-0.1, -0.05) is 48.0 Å². The highest BCUT2D eigenvalue weighted by molar-refractivity contribution is 5.76. The number of anilines is 1. The lowest BCUT2D eigenvalue weighted by atomic mass is 10.1. The van der Waals surface area contributed by atoms with Gasteiger partial charge in [-0.25, -0.2) is 0 Å². The second-order valence-electron chi connectivity index (χ2n) is 6.36. The first-order valence-electron chi connectivity index (χ1n) is 8.48. The minimum absolute atomic E-state index is 0.00179. The van der Waals surface area contributed by atoms with Crippen molar-refractivity contribution in [2.75, 3.05) is 18.8 Å². The van der Waals surface area contributed by atoms with Crippen LogP contribution in [-0.4, -0.2) is 30.1 Å². The van der Waals surface area contributed by atoms with Crippen LogP contribution >= 0.6 is 0 Å². The topological polar surface area (TPSA) is 46.3 Å². The number of nitrogen functional groups attached to an aromatic ring is 1. The van der Waals surface area contributed by atoms with E-state index in [9.17, 15) is 18.0 Å². The smallest absolute Gasteiger partial charge is 0.399 e. The maximum Gasteiger partial charge on any atom is 0.406 e. The Labute approximate surface area is 151 Å². The van der Waals surface area contributed by atoms with Crippen molar-refractivity contribution in [3.63, 3.8) is 0 Å². The van der Waals surface area contributed by atoms with E-state index >= 15 is 0 Å². The number of nitrogens with zero attached hydrogens (tertiary/aromatic N) is 1. The van der Waals surface area contributed by atoms with Gasteiger partial charge >= 0.3 is 6.18 Å². The number of rotatable bonds is 7. The minimum atomic E-state index is -4.42. The monoisotopic (exact) mass is 364 g/mol. The molecule has 2 rings (SSSR count). The average Bonchev–Trinajstić information content (AvgIpc) is 2.58. The van der Waals surface area contributed by atoms with Crippen LogP contribution in [0.5, 0.6) is 0 Å². The highest BCUT2D eigenvalue weighted by Gasteiger charge is 2.32. The number of hydrogen-bond donors (Lipinski definition) is 1. The van der Waals surface area contributed by atoms with Gasteiger partial charge in [-0.05, 0) is 37.0 Å². The molecule has 0 aliphatic rings. The van der Waals surface area contributed by atoms with E-state index in [4.69, 9.17) is 5.73 Å². The summed E-state index contributed by atoms with van der Waals surface area (Å²) < 4.78 is 38.6. The maximum absolute atomic E-state index is 12.9. The number of carbonyl (C=O) groups excluding carboxylic acids is 1. The molecular formula is C20H23F3N2O. The molecule has 0 bridgehead atoms. The summed E-state index contributed by atoms with van der Waals surface area (Å²) >= 11 is 0. The number of alkyl halides is 3. The lowest BCUT2D eigenvalue weighted by Crippen LogP contribution is -2.40. The average molecular weight is 364 g/mol. The van der Waals surface area contributed by atoms with Gasteiger partial charge < -0.3 is 10.6 Å². The zero-order valence-corrected chi connectivity index (χ0v) is 14.7. The SMILES string of the molecule is Cc1ccc(CCN(CC(F)(F)F)C(=O)CCc2ccccc2N)cc1. The summed E-state index contributed by atoms with van der Waals surface area (Å²) in [4.78, 5) is 13.3. The molecule has 2 aromatic rings. The van der Waals surface area contributed by atoms with E-state index in [1.165, 1.54) is 0 Å². The van der Waals surface area contributed by atoms with E-state index in [1.54, 1.807) is 24.3 Å². The maximum atomic E-state index is 12.9. The van der Waals surface area contributed by atoms with Gasteiger partial charge in [0.15, 0.2) is 0 Å². The predicted molar refractivity (Wildman–Crippen MR) is 96.7 cm³/mol. The molecule has 0 saturated heterocycles. The van der Waals surface area contributed by atoms with Crippen LogP contribution in [0.1, 0.15) is 23.1 Å². The number of halogens is 3. The Morgan fingerprint density at radius 2 is 1.69 bits per heavy atom. The molecule has 0 unspecified atom stereocenters. The lowest BCUT2D eigenvalue weighted by molar-refractivity contribution is -0.161. The molecule has 0 aromatic heterocycles. The van der Waals surface area contributed by atoms with Crippen LogP contribution in [0.4, 0.5) is 18.9 Å². The Kier molecular flexibility index (Phi) is 6.66. The quantitative estimate of drug-likeness (QED) is 0.751. The number of amides is 1. The van der Waals surface area contributed by atoms with Crippen molar-refractivity contribution in [3.8, 4) is 0 Å². The first-order valence-corrected chi connectivity index (χ1v) is 8.48. The Balaban J connectivity index is 1.99. The summed E-state index contributed by atoms with van der Waals surface area (Å²) in [7, 11) is 0. The zero-order chi connectivity index (χ0) is 19.2. The normalized spacial score (nSPS) is 11.4.